The third-order valence-corrected chi connectivity index (χ3v) is 9.02. The summed E-state index contributed by atoms with van der Waals surface area (Å²) in [5, 5.41) is 5.76. The summed E-state index contributed by atoms with van der Waals surface area (Å²) in [5.74, 6) is 1.54. The maximum absolute atomic E-state index is 5.41. The van der Waals surface area contributed by atoms with E-state index in [2.05, 4.69) is 128 Å². The highest BCUT2D eigenvalue weighted by atomic mass is 15.1. The van der Waals surface area contributed by atoms with Gasteiger partial charge in [-0.15, -0.1) is 0 Å². The van der Waals surface area contributed by atoms with Gasteiger partial charge in [0.15, 0.2) is 17.3 Å². The van der Waals surface area contributed by atoms with Gasteiger partial charge in [-0.3, -0.25) is 4.57 Å². The number of nitrogens with zero attached hydrogens (tertiary/aromatic N) is 4. The molecule has 9 rings (SSSR count). The maximum Gasteiger partial charge on any atom is 0.165 e. The average Bonchev–Trinajstić information content (AvgIpc) is 3.47. The fraction of sp³-hybridized carbons (Fsp3) is 0.0789. The Morgan fingerprint density at radius 2 is 1.29 bits per heavy atom. The third kappa shape index (κ3) is 3.09. The Morgan fingerprint density at radius 1 is 0.571 bits per heavy atom. The van der Waals surface area contributed by atoms with E-state index in [9.17, 15) is 0 Å². The van der Waals surface area contributed by atoms with Gasteiger partial charge < -0.3 is 0 Å². The monoisotopic (exact) mass is 538 g/mol. The van der Waals surface area contributed by atoms with Crippen molar-refractivity contribution >= 4 is 43.6 Å². The number of fused-ring (bicyclic) bond motifs is 8. The predicted octanol–water partition coefficient (Wildman–Crippen LogP) is 9.25. The molecule has 0 spiro atoms. The third-order valence-electron chi connectivity index (χ3n) is 9.02. The summed E-state index contributed by atoms with van der Waals surface area (Å²) in [6.07, 6.45) is 1.82. The van der Waals surface area contributed by atoms with Gasteiger partial charge in [-0.25, -0.2) is 15.0 Å². The molecule has 0 amide bonds. The summed E-state index contributed by atoms with van der Waals surface area (Å²) in [4.78, 5) is 15.3. The van der Waals surface area contributed by atoms with E-state index in [1.807, 2.05) is 12.3 Å². The molecule has 0 aliphatic heterocycles. The Kier molecular flexibility index (Phi) is 4.64. The van der Waals surface area contributed by atoms with Crippen molar-refractivity contribution in [2.75, 3.05) is 0 Å². The molecule has 0 atom stereocenters. The van der Waals surface area contributed by atoms with Crippen molar-refractivity contribution in [1.29, 1.82) is 0 Å². The van der Waals surface area contributed by atoms with Crippen LogP contribution in [-0.4, -0.2) is 19.5 Å². The largest absolute Gasteiger partial charge is 0.293 e. The summed E-state index contributed by atoms with van der Waals surface area (Å²) in [7, 11) is 0. The Labute approximate surface area is 242 Å². The number of aromatic nitrogens is 4. The molecule has 0 N–H and O–H groups in total. The van der Waals surface area contributed by atoms with Gasteiger partial charge in [0.1, 0.15) is 0 Å². The quantitative estimate of drug-likeness (QED) is 0.220. The molecule has 0 saturated carbocycles. The Morgan fingerprint density at radius 3 is 2.19 bits per heavy atom. The van der Waals surface area contributed by atoms with Crippen LogP contribution in [0.3, 0.4) is 0 Å². The minimum atomic E-state index is -0.184. The molecule has 4 nitrogen and oxygen atoms in total. The van der Waals surface area contributed by atoms with Crippen LogP contribution in [0.1, 0.15) is 25.0 Å². The molecule has 0 radical (unpaired) electrons. The SMILES string of the molecule is CC1(C)c2ccccc2-c2cccc(-c3nc(-n4c5ccccc5c5cc6ccccc6cc54)c4cccnc4n3)c21. The van der Waals surface area contributed by atoms with Crippen LogP contribution in [-0.2, 0) is 5.41 Å². The first-order chi connectivity index (χ1) is 20.6. The van der Waals surface area contributed by atoms with Crippen LogP contribution < -0.4 is 0 Å². The van der Waals surface area contributed by atoms with Gasteiger partial charge in [0, 0.05) is 27.9 Å². The molecule has 3 heterocycles. The van der Waals surface area contributed by atoms with E-state index < -0.39 is 0 Å². The van der Waals surface area contributed by atoms with Gasteiger partial charge in [0.25, 0.3) is 0 Å². The van der Waals surface area contributed by atoms with Crippen LogP contribution in [0.4, 0.5) is 0 Å². The van der Waals surface area contributed by atoms with Crippen molar-refractivity contribution in [2.24, 2.45) is 0 Å². The fourth-order valence-corrected chi connectivity index (χ4v) is 7.15. The van der Waals surface area contributed by atoms with Crippen LogP contribution >= 0.6 is 0 Å². The molecule has 4 heteroatoms. The van der Waals surface area contributed by atoms with Gasteiger partial charge in [-0.2, -0.15) is 0 Å². The number of pyridine rings is 1. The van der Waals surface area contributed by atoms with Crippen LogP contribution in [0.25, 0.3) is 71.9 Å². The first-order valence-corrected chi connectivity index (χ1v) is 14.4. The molecule has 0 fully saturated rings. The minimum Gasteiger partial charge on any atom is -0.293 e. The van der Waals surface area contributed by atoms with Crippen molar-refractivity contribution in [3.05, 3.63) is 133 Å². The van der Waals surface area contributed by atoms with Crippen molar-refractivity contribution in [1.82, 2.24) is 19.5 Å². The zero-order chi connectivity index (χ0) is 28.0. The van der Waals surface area contributed by atoms with Crippen molar-refractivity contribution < 1.29 is 0 Å². The highest BCUT2D eigenvalue weighted by Crippen LogP contribution is 2.51. The molecule has 3 aromatic heterocycles. The fourth-order valence-electron chi connectivity index (χ4n) is 7.15. The lowest BCUT2D eigenvalue weighted by atomic mass is 9.80. The molecule has 0 unspecified atom stereocenters. The molecule has 1 aliphatic carbocycles. The summed E-state index contributed by atoms with van der Waals surface area (Å²) < 4.78 is 2.30. The number of hydrogen-bond acceptors (Lipinski definition) is 3. The van der Waals surface area contributed by atoms with E-state index in [1.165, 1.54) is 43.8 Å². The standard InChI is InChI=1S/C38H26N4/c1-38(2)31-18-7-5-13-25(31)27-15-9-16-28(34(27)38)36-40-35-29(17-10-20-39-35)37(41-36)42-32-19-8-6-14-26(32)30-21-23-11-3-4-12-24(23)22-33(30)42/h3-22H,1-2H3. The zero-order valence-electron chi connectivity index (χ0n) is 23.3. The second-order valence-corrected chi connectivity index (χ2v) is 11.7. The van der Waals surface area contributed by atoms with Crippen molar-refractivity contribution in [3.8, 4) is 28.3 Å². The summed E-state index contributed by atoms with van der Waals surface area (Å²) in [5.41, 5.74) is 8.93. The minimum absolute atomic E-state index is 0.184. The van der Waals surface area contributed by atoms with Gasteiger partial charge >= 0.3 is 0 Å². The molecule has 8 aromatic rings. The van der Waals surface area contributed by atoms with Crippen LogP contribution in [0, 0.1) is 0 Å². The first kappa shape index (κ1) is 23.4. The van der Waals surface area contributed by atoms with Crippen LogP contribution in [0.5, 0.6) is 0 Å². The molecular weight excluding hydrogens is 512 g/mol. The number of rotatable bonds is 2. The molecule has 0 saturated heterocycles. The topological polar surface area (TPSA) is 43.6 Å². The van der Waals surface area contributed by atoms with E-state index in [0.29, 0.717) is 11.5 Å². The number of hydrogen-bond donors (Lipinski definition) is 0. The number of benzene rings is 5. The molecule has 42 heavy (non-hydrogen) atoms. The van der Waals surface area contributed by atoms with E-state index >= 15 is 0 Å². The molecule has 5 aromatic carbocycles. The zero-order valence-corrected chi connectivity index (χ0v) is 23.3. The highest BCUT2D eigenvalue weighted by molar-refractivity contribution is 6.14. The lowest BCUT2D eigenvalue weighted by Gasteiger charge is -2.24. The predicted molar refractivity (Wildman–Crippen MR) is 172 cm³/mol. The molecule has 198 valence electrons. The summed E-state index contributed by atoms with van der Waals surface area (Å²) in [6, 6.07) is 41.0. The Hall–Kier alpha value is -5.35. The van der Waals surface area contributed by atoms with Crippen molar-refractivity contribution in [2.45, 2.75) is 19.3 Å². The van der Waals surface area contributed by atoms with Gasteiger partial charge in [-0.05, 0) is 63.4 Å². The van der Waals surface area contributed by atoms with E-state index in [1.54, 1.807) is 0 Å². The summed E-state index contributed by atoms with van der Waals surface area (Å²) in [6.45, 7) is 4.61. The number of para-hydroxylation sites is 1. The van der Waals surface area contributed by atoms with Crippen LogP contribution in [0.2, 0.25) is 0 Å². The van der Waals surface area contributed by atoms with Crippen LogP contribution in [0.15, 0.2) is 121 Å². The lowest BCUT2D eigenvalue weighted by molar-refractivity contribution is 0.661. The lowest BCUT2D eigenvalue weighted by Crippen LogP contribution is -2.17. The van der Waals surface area contributed by atoms with Gasteiger partial charge in [0.2, 0.25) is 0 Å². The Bertz CT molecular complexity index is 2400. The van der Waals surface area contributed by atoms with Gasteiger partial charge in [0.05, 0.1) is 16.4 Å². The van der Waals surface area contributed by atoms with Crippen molar-refractivity contribution in [3.63, 3.8) is 0 Å². The normalized spacial score (nSPS) is 13.7. The van der Waals surface area contributed by atoms with E-state index in [-0.39, 0.29) is 5.41 Å². The molecule has 0 bridgehead atoms. The van der Waals surface area contributed by atoms with Gasteiger partial charge in [-0.1, -0.05) is 98.8 Å². The molecule has 1 aliphatic rings. The first-order valence-electron chi connectivity index (χ1n) is 14.4. The second kappa shape index (κ2) is 8.34. The van der Waals surface area contributed by atoms with E-state index in [0.717, 1.165) is 27.8 Å². The highest BCUT2D eigenvalue weighted by Gasteiger charge is 2.38. The Balaban J connectivity index is 1.39. The van der Waals surface area contributed by atoms with E-state index in [4.69, 9.17) is 15.0 Å². The second-order valence-electron chi connectivity index (χ2n) is 11.7. The average molecular weight is 539 g/mol. The molecular formula is C38H26N4. The smallest absolute Gasteiger partial charge is 0.165 e. The maximum atomic E-state index is 5.41. The summed E-state index contributed by atoms with van der Waals surface area (Å²) >= 11 is 0.